The summed E-state index contributed by atoms with van der Waals surface area (Å²) in [4.78, 5) is 4.28. The lowest BCUT2D eigenvalue weighted by Crippen LogP contribution is -2.18. The summed E-state index contributed by atoms with van der Waals surface area (Å²) in [5, 5.41) is 30.7. The van der Waals surface area contributed by atoms with Crippen molar-refractivity contribution in [1.29, 1.82) is 15.8 Å². The lowest BCUT2D eigenvalue weighted by Gasteiger charge is -2.25. The second-order valence-electron chi connectivity index (χ2n) is 13.5. The van der Waals surface area contributed by atoms with Crippen LogP contribution < -0.4 is 4.74 Å². The Labute approximate surface area is 321 Å². The Kier molecular flexibility index (Phi) is 8.82. The molecular formula is C45H24F6N4O2. The number of benzene rings is 5. The standard InChI is InChI=1S/C45H24F6N4O2/c1-24-20-31(57-45(49,50)51)14-15-32(24)42-41-36-19-17-34(28-8-4-26(22-53)5-9-28)38-33(27-6-2-25(21-52)3-7-27)16-18-35(39(36)38)40(41)37(43(42)55-23-54)29-10-12-30(13-11-29)56-44(46,47)48/h2-19,24H,20H2,1H3. The summed E-state index contributed by atoms with van der Waals surface area (Å²) in [5.41, 5.74) is 9.14. The molecule has 0 heterocycles. The van der Waals surface area contributed by atoms with Gasteiger partial charge in [0.05, 0.1) is 29.0 Å². The van der Waals surface area contributed by atoms with Gasteiger partial charge in [0.1, 0.15) is 11.5 Å². The van der Waals surface area contributed by atoms with E-state index in [0.29, 0.717) is 44.6 Å². The van der Waals surface area contributed by atoms with Gasteiger partial charge in [-0.2, -0.15) is 20.8 Å². The average Bonchev–Trinajstić information content (AvgIpc) is 3.67. The summed E-state index contributed by atoms with van der Waals surface area (Å²) in [7, 11) is 0. The molecule has 3 aliphatic rings. The van der Waals surface area contributed by atoms with E-state index in [4.69, 9.17) is 0 Å². The third kappa shape index (κ3) is 6.60. The Hall–Kier alpha value is -7.36. The second kappa shape index (κ2) is 13.7. The maximum absolute atomic E-state index is 13.3. The van der Waals surface area contributed by atoms with Crippen molar-refractivity contribution in [2.75, 3.05) is 0 Å². The first kappa shape index (κ1) is 36.6. The van der Waals surface area contributed by atoms with Crippen molar-refractivity contribution in [3.63, 3.8) is 0 Å². The summed E-state index contributed by atoms with van der Waals surface area (Å²) in [6.45, 7) is 1.74. The molecule has 0 saturated carbocycles. The molecule has 12 heteroatoms. The van der Waals surface area contributed by atoms with Crippen molar-refractivity contribution in [3.05, 3.63) is 154 Å². The Balaban J connectivity index is 1.45. The van der Waals surface area contributed by atoms with Crippen LogP contribution in [0.1, 0.15) is 41.2 Å². The molecule has 57 heavy (non-hydrogen) atoms. The van der Waals surface area contributed by atoms with Gasteiger partial charge in [0.2, 0.25) is 6.19 Å². The number of ether oxygens (including phenoxy) is 2. The molecule has 278 valence electrons. The summed E-state index contributed by atoms with van der Waals surface area (Å²) < 4.78 is 87.7. The number of aliphatic imine (C=N–C) groups is 1. The van der Waals surface area contributed by atoms with Gasteiger partial charge < -0.3 is 9.47 Å². The number of alkyl halides is 6. The normalized spacial score (nSPS) is 16.8. The fourth-order valence-corrected chi connectivity index (χ4v) is 7.92. The van der Waals surface area contributed by atoms with Crippen LogP contribution in [0.15, 0.2) is 131 Å². The van der Waals surface area contributed by atoms with Crippen LogP contribution in [0.2, 0.25) is 0 Å². The molecule has 1 atom stereocenters. The first-order valence-corrected chi connectivity index (χ1v) is 17.4. The van der Waals surface area contributed by atoms with E-state index in [2.05, 4.69) is 26.6 Å². The highest BCUT2D eigenvalue weighted by molar-refractivity contribution is 6.53. The SMILES string of the molecule is CC1CC(OC(F)(F)F)=CC=C1C1=C2C(=C(c3ccc(OC(F)(F)F)cc3)C1=NC#N)c1ccc(-c3ccc(C#N)cc3)c3c(-c4ccc(C#N)cc4)ccc2c13. The Morgan fingerprint density at radius 1 is 0.561 bits per heavy atom. The molecule has 6 nitrogen and oxygen atoms in total. The van der Waals surface area contributed by atoms with Gasteiger partial charge in [0, 0.05) is 28.7 Å². The second-order valence-corrected chi connectivity index (χ2v) is 13.5. The molecule has 0 saturated heterocycles. The summed E-state index contributed by atoms with van der Waals surface area (Å²) in [6, 6.07) is 31.5. The third-order valence-electron chi connectivity index (χ3n) is 10.1. The van der Waals surface area contributed by atoms with E-state index < -0.39 is 24.4 Å². The van der Waals surface area contributed by atoms with Crippen LogP contribution in [0.25, 0.3) is 49.7 Å². The van der Waals surface area contributed by atoms with Gasteiger partial charge >= 0.3 is 12.7 Å². The van der Waals surface area contributed by atoms with Crippen LogP contribution in [-0.4, -0.2) is 18.4 Å². The highest BCUT2D eigenvalue weighted by Gasteiger charge is 2.42. The quantitative estimate of drug-likeness (QED) is 0.126. The molecule has 3 aliphatic carbocycles. The monoisotopic (exact) mass is 766 g/mol. The summed E-state index contributed by atoms with van der Waals surface area (Å²) in [6.07, 6.45) is -5.29. The zero-order valence-electron chi connectivity index (χ0n) is 29.5. The lowest BCUT2D eigenvalue weighted by atomic mass is 9.82. The predicted molar refractivity (Wildman–Crippen MR) is 201 cm³/mol. The molecule has 0 radical (unpaired) electrons. The van der Waals surface area contributed by atoms with Gasteiger partial charge in [0.25, 0.3) is 0 Å². The van der Waals surface area contributed by atoms with Crippen LogP contribution >= 0.6 is 0 Å². The van der Waals surface area contributed by atoms with E-state index >= 15 is 0 Å². The first-order chi connectivity index (χ1) is 27.3. The number of nitriles is 3. The van der Waals surface area contributed by atoms with Crippen molar-refractivity contribution in [1.82, 2.24) is 0 Å². The number of hydrogen-bond acceptors (Lipinski definition) is 6. The number of hydrogen-bond donors (Lipinski definition) is 0. The number of allylic oxidation sites excluding steroid dienone is 8. The first-order valence-electron chi connectivity index (χ1n) is 17.4. The molecule has 0 spiro atoms. The van der Waals surface area contributed by atoms with E-state index in [-0.39, 0.29) is 17.9 Å². The average molecular weight is 767 g/mol. The van der Waals surface area contributed by atoms with Crippen molar-refractivity contribution in [2.45, 2.75) is 26.1 Å². The molecule has 5 aromatic rings. The van der Waals surface area contributed by atoms with Crippen LogP contribution in [-0.2, 0) is 4.74 Å². The van der Waals surface area contributed by atoms with Crippen LogP contribution in [0.4, 0.5) is 26.3 Å². The maximum atomic E-state index is 13.3. The van der Waals surface area contributed by atoms with E-state index in [1.54, 1.807) is 31.2 Å². The summed E-state index contributed by atoms with van der Waals surface area (Å²) in [5.74, 6) is -1.29. The number of rotatable bonds is 6. The van der Waals surface area contributed by atoms with Gasteiger partial charge in [-0.15, -0.1) is 26.3 Å². The highest BCUT2D eigenvalue weighted by Crippen LogP contribution is 2.59. The molecule has 0 bridgehead atoms. The van der Waals surface area contributed by atoms with Crippen molar-refractivity contribution >= 4 is 33.2 Å². The minimum Gasteiger partial charge on any atom is -0.410 e. The lowest BCUT2D eigenvalue weighted by molar-refractivity contribution is -0.306. The Morgan fingerprint density at radius 3 is 1.51 bits per heavy atom. The fourth-order valence-electron chi connectivity index (χ4n) is 7.92. The van der Waals surface area contributed by atoms with Crippen molar-refractivity contribution < 1.29 is 35.8 Å². The third-order valence-corrected chi connectivity index (χ3v) is 10.1. The van der Waals surface area contributed by atoms with Gasteiger partial charge in [-0.3, -0.25) is 0 Å². The van der Waals surface area contributed by atoms with E-state index in [0.717, 1.165) is 44.2 Å². The van der Waals surface area contributed by atoms with Gasteiger partial charge in [0.15, 0.2) is 0 Å². The molecule has 0 amide bonds. The molecule has 0 fully saturated rings. The number of nitrogens with zero attached hydrogens (tertiary/aromatic N) is 4. The van der Waals surface area contributed by atoms with Gasteiger partial charge in [-0.05, 0) is 104 Å². The van der Waals surface area contributed by atoms with Gasteiger partial charge in [-0.25, -0.2) is 0 Å². The van der Waals surface area contributed by atoms with E-state index in [1.807, 2.05) is 54.7 Å². The van der Waals surface area contributed by atoms with E-state index in [1.165, 1.54) is 36.4 Å². The predicted octanol–water partition coefficient (Wildman–Crippen LogP) is 11.8. The zero-order valence-corrected chi connectivity index (χ0v) is 29.5. The molecule has 8 rings (SSSR count). The highest BCUT2D eigenvalue weighted by atomic mass is 19.4. The zero-order chi connectivity index (χ0) is 40.2. The minimum atomic E-state index is -4.93. The van der Waals surface area contributed by atoms with Crippen LogP contribution in [0.3, 0.4) is 0 Å². The molecule has 0 aromatic heterocycles. The smallest absolute Gasteiger partial charge is 0.410 e. The number of halogens is 6. The van der Waals surface area contributed by atoms with Crippen LogP contribution in [0.5, 0.6) is 5.75 Å². The topological polar surface area (TPSA) is 102 Å². The molecule has 0 aliphatic heterocycles. The van der Waals surface area contributed by atoms with Crippen molar-refractivity contribution in [2.24, 2.45) is 10.9 Å². The molecular weight excluding hydrogens is 743 g/mol. The minimum absolute atomic E-state index is 0.112. The Bertz CT molecular complexity index is 2740. The van der Waals surface area contributed by atoms with E-state index in [9.17, 15) is 42.1 Å². The molecule has 5 aromatic carbocycles. The van der Waals surface area contributed by atoms with Crippen molar-refractivity contribution in [3.8, 4) is 46.3 Å². The van der Waals surface area contributed by atoms with Gasteiger partial charge in [-0.1, -0.05) is 73.7 Å². The fraction of sp³-hybridized carbons (Fsp3) is 0.111. The molecule has 1 unspecified atom stereocenters. The molecule has 0 N–H and O–H groups in total. The van der Waals surface area contributed by atoms with Crippen LogP contribution in [0, 0.1) is 40.0 Å². The maximum Gasteiger partial charge on any atom is 0.573 e. The summed E-state index contributed by atoms with van der Waals surface area (Å²) >= 11 is 0. The largest absolute Gasteiger partial charge is 0.573 e. The number of fused-ring (bicyclic) bond motifs is 3. The Morgan fingerprint density at radius 2 is 1.04 bits per heavy atom.